The highest BCUT2D eigenvalue weighted by Gasteiger charge is 1.99. The van der Waals surface area contributed by atoms with Gasteiger partial charge in [-0.3, -0.25) is 4.79 Å². The Balaban J connectivity index is 2.93. The average molecular weight is 174 g/mol. The van der Waals surface area contributed by atoms with Gasteiger partial charge in [0.15, 0.2) is 0 Å². The minimum Gasteiger partial charge on any atom is -0.298 e. The molecule has 0 N–H and O–H groups in total. The van der Waals surface area contributed by atoms with Gasteiger partial charge in [0, 0.05) is 5.56 Å². The zero-order chi connectivity index (χ0) is 9.68. The number of hydrogen-bond acceptors (Lipinski definition) is 1. The lowest BCUT2D eigenvalue weighted by molar-refractivity contribution is 0.112. The molecule has 13 heavy (non-hydrogen) atoms. The van der Waals surface area contributed by atoms with Crippen molar-refractivity contribution in [2.45, 2.75) is 20.3 Å². The second-order valence-corrected chi connectivity index (χ2v) is 3.13. The van der Waals surface area contributed by atoms with Crippen molar-refractivity contribution in [2.75, 3.05) is 0 Å². The monoisotopic (exact) mass is 174 g/mol. The second-order valence-electron chi connectivity index (χ2n) is 3.13. The van der Waals surface area contributed by atoms with Gasteiger partial charge in [0.05, 0.1) is 0 Å². The van der Waals surface area contributed by atoms with Crippen LogP contribution in [0.2, 0.25) is 0 Å². The first-order valence-electron chi connectivity index (χ1n) is 4.42. The van der Waals surface area contributed by atoms with Crippen LogP contribution < -0.4 is 0 Å². The molecule has 1 rings (SSSR count). The largest absolute Gasteiger partial charge is 0.298 e. The summed E-state index contributed by atoms with van der Waals surface area (Å²) in [6.07, 6.45) is 3.85. The number of aldehydes is 1. The first kappa shape index (κ1) is 9.72. The number of hydrogen-bond donors (Lipinski definition) is 0. The van der Waals surface area contributed by atoms with Gasteiger partial charge in [0.2, 0.25) is 0 Å². The molecule has 0 radical (unpaired) electrons. The zero-order valence-electron chi connectivity index (χ0n) is 8.08. The fourth-order valence-electron chi connectivity index (χ4n) is 1.21. The Morgan fingerprint density at radius 2 is 2.08 bits per heavy atom. The molecule has 0 aliphatic rings. The van der Waals surface area contributed by atoms with E-state index in [1.165, 1.54) is 5.57 Å². The highest BCUT2D eigenvalue weighted by Crippen LogP contribution is 2.11. The van der Waals surface area contributed by atoms with Crippen molar-refractivity contribution in [3.05, 3.63) is 47.0 Å². The van der Waals surface area contributed by atoms with Crippen LogP contribution in [-0.2, 0) is 6.42 Å². The van der Waals surface area contributed by atoms with E-state index in [0.29, 0.717) is 0 Å². The van der Waals surface area contributed by atoms with Gasteiger partial charge in [-0.05, 0) is 25.8 Å². The topological polar surface area (TPSA) is 17.1 Å². The maximum absolute atomic E-state index is 10.7. The lowest BCUT2D eigenvalue weighted by Gasteiger charge is -2.03. The van der Waals surface area contributed by atoms with Gasteiger partial charge < -0.3 is 0 Å². The number of carbonyl (C=O) groups excluding carboxylic acids is 1. The molecule has 68 valence electrons. The van der Waals surface area contributed by atoms with Crippen LogP contribution in [-0.4, -0.2) is 6.29 Å². The van der Waals surface area contributed by atoms with E-state index in [4.69, 9.17) is 0 Å². The fraction of sp³-hybridized carbons (Fsp3) is 0.250. The van der Waals surface area contributed by atoms with Crippen LogP contribution in [0.15, 0.2) is 35.9 Å². The van der Waals surface area contributed by atoms with Crippen LogP contribution in [0.25, 0.3) is 0 Å². The van der Waals surface area contributed by atoms with Gasteiger partial charge >= 0.3 is 0 Å². The number of benzene rings is 1. The maximum atomic E-state index is 10.7. The third-order valence-electron chi connectivity index (χ3n) is 2.14. The number of rotatable bonds is 3. The Labute approximate surface area is 79.1 Å². The summed E-state index contributed by atoms with van der Waals surface area (Å²) in [5.41, 5.74) is 3.19. The van der Waals surface area contributed by atoms with Crippen molar-refractivity contribution >= 4 is 6.29 Å². The Morgan fingerprint density at radius 3 is 2.69 bits per heavy atom. The van der Waals surface area contributed by atoms with E-state index >= 15 is 0 Å². The predicted octanol–water partition coefficient (Wildman–Crippen LogP) is 3.01. The summed E-state index contributed by atoms with van der Waals surface area (Å²) >= 11 is 0. The molecule has 1 aromatic carbocycles. The molecule has 0 saturated heterocycles. The van der Waals surface area contributed by atoms with Crippen LogP contribution in [0.5, 0.6) is 0 Å². The highest BCUT2D eigenvalue weighted by molar-refractivity contribution is 5.77. The molecule has 0 aromatic heterocycles. The molecule has 0 spiro atoms. The smallest absolute Gasteiger partial charge is 0.150 e. The molecular formula is C12H14O. The van der Waals surface area contributed by atoms with Crippen LogP contribution in [0.1, 0.15) is 29.8 Å². The third-order valence-corrected chi connectivity index (χ3v) is 2.14. The lowest BCUT2D eigenvalue weighted by atomic mass is 10.0. The van der Waals surface area contributed by atoms with E-state index in [1.54, 1.807) is 0 Å². The van der Waals surface area contributed by atoms with Crippen molar-refractivity contribution in [3.63, 3.8) is 0 Å². The molecular weight excluding hydrogens is 160 g/mol. The van der Waals surface area contributed by atoms with Crippen LogP contribution in [0.3, 0.4) is 0 Å². The van der Waals surface area contributed by atoms with Gasteiger partial charge in [-0.15, -0.1) is 0 Å². The summed E-state index contributed by atoms with van der Waals surface area (Å²) < 4.78 is 0. The van der Waals surface area contributed by atoms with E-state index < -0.39 is 0 Å². The Morgan fingerprint density at radius 1 is 1.38 bits per heavy atom. The van der Waals surface area contributed by atoms with Crippen molar-refractivity contribution in [2.24, 2.45) is 0 Å². The van der Waals surface area contributed by atoms with E-state index in [2.05, 4.69) is 13.0 Å². The van der Waals surface area contributed by atoms with Crippen molar-refractivity contribution < 1.29 is 4.79 Å². The van der Waals surface area contributed by atoms with Crippen molar-refractivity contribution in [1.82, 2.24) is 0 Å². The van der Waals surface area contributed by atoms with E-state index in [0.717, 1.165) is 23.8 Å². The lowest BCUT2D eigenvalue weighted by Crippen LogP contribution is -1.93. The number of carbonyl (C=O) groups is 1. The summed E-state index contributed by atoms with van der Waals surface area (Å²) in [5, 5.41) is 0. The molecule has 0 heterocycles. The molecule has 0 fully saturated rings. The molecule has 0 bridgehead atoms. The highest BCUT2D eigenvalue weighted by atomic mass is 16.1. The first-order chi connectivity index (χ1) is 6.27. The summed E-state index contributed by atoms with van der Waals surface area (Å²) in [6, 6.07) is 7.70. The Hall–Kier alpha value is -1.37. The van der Waals surface area contributed by atoms with E-state index in [1.807, 2.05) is 31.2 Å². The van der Waals surface area contributed by atoms with Gasteiger partial charge in [-0.1, -0.05) is 35.9 Å². The normalized spacial score (nSPS) is 11.4. The van der Waals surface area contributed by atoms with Gasteiger partial charge in [-0.2, -0.15) is 0 Å². The molecule has 0 aliphatic carbocycles. The molecule has 0 unspecified atom stereocenters. The fourth-order valence-corrected chi connectivity index (χ4v) is 1.21. The second kappa shape index (κ2) is 4.61. The van der Waals surface area contributed by atoms with Crippen LogP contribution in [0, 0.1) is 0 Å². The SMILES string of the molecule is CC=C(C)Cc1ccccc1C=O. The molecule has 1 nitrogen and oxygen atoms in total. The van der Waals surface area contributed by atoms with E-state index in [9.17, 15) is 4.79 Å². The van der Waals surface area contributed by atoms with Gasteiger partial charge in [0.25, 0.3) is 0 Å². The average Bonchev–Trinajstić information content (AvgIpc) is 2.18. The standard InChI is InChI=1S/C12H14O/c1-3-10(2)8-11-6-4-5-7-12(11)9-13/h3-7,9H,8H2,1-2H3. The molecule has 1 heteroatoms. The minimum atomic E-state index is 0.795. The molecule has 1 aromatic rings. The summed E-state index contributed by atoms with van der Waals surface area (Å²) in [5.74, 6) is 0. The minimum absolute atomic E-state index is 0.795. The van der Waals surface area contributed by atoms with Crippen molar-refractivity contribution in [1.29, 1.82) is 0 Å². The Kier molecular flexibility index (Phi) is 3.44. The summed E-state index contributed by atoms with van der Waals surface area (Å²) in [4.78, 5) is 10.7. The van der Waals surface area contributed by atoms with Gasteiger partial charge in [0.1, 0.15) is 6.29 Å². The Bertz CT molecular complexity index is 324. The van der Waals surface area contributed by atoms with Crippen LogP contribution in [0.4, 0.5) is 0 Å². The quantitative estimate of drug-likeness (QED) is 0.508. The first-order valence-corrected chi connectivity index (χ1v) is 4.42. The van der Waals surface area contributed by atoms with Crippen molar-refractivity contribution in [3.8, 4) is 0 Å². The third kappa shape index (κ3) is 2.55. The van der Waals surface area contributed by atoms with Crippen LogP contribution >= 0.6 is 0 Å². The number of allylic oxidation sites excluding steroid dienone is 2. The zero-order valence-corrected chi connectivity index (χ0v) is 8.08. The maximum Gasteiger partial charge on any atom is 0.150 e. The molecule has 0 saturated carbocycles. The predicted molar refractivity (Wildman–Crippen MR) is 55.0 cm³/mol. The molecule has 0 aliphatic heterocycles. The molecule has 0 amide bonds. The summed E-state index contributed by atoms with van der Waals surface area (Å²) in [6.45, 7) is 4.08. The molecule has 0 atom stereocenters. The van der Waals surface area contributed by atoms with E-state index in [-0.39, 0.29) is 0 Å². The van der Waals surface area contributed by atoms with Gasteiger partial charge in [-0.25, -0.2) is 0 Å². The summed E-state index contributed by atoms with van der Waals surface area (Å²) in [7, 11) is 0.